The van der Waals surface area contributed by atoms with Crippen LogP contribution in [0.4, 0.5) is 18.0 Å². The summed E-state index contributed by atoms with van der Waals surface area (Å²) in [5, 5.41) is 11.1. The Balaban J connectivity index is 1.89. The van der Waals surface area contributed by atoms with Crippen LogP contribution >= 0.6 is 0 Å². The topological polar surface area (TPSA) is 91.8 Å². The number of carbonyl (C=O) groups is 2. The van der Waals surface area contributed by atoms with Gasteiger partial charge in [-0.05, 0) is 18.1 Å². The van der Waals surface area contributed by atoms with Gasteiger partial charge in [0.1, 0.15) is 23.6 Å². The molecule has 1 fully saturated rings. The number of ether oxygens (including phenoxy) is 1. The molecule has 1 aliphatic rings. The molecule has 0 aromatic carbocycles. The predicted molar refractivity (Wildman–Crippen MR) is 89.3 cm³/mol. The van der Waals surface area contributed by atoms with E-state index in [-0.39, 0.29) is 23.7 Å². The van der Waals surface area contributed by atoms with E-state index in [2.05, 4.69) is 10.3 Å². The number of pyridine rings is 1. The van der Waals surface area contributed by atoms with Gasteiger partial charge in [0.15, 0.2) is 0 Å². The van der Waals surface area contributed by atoms with E-state index in [9.17, 15) is 22.8 Å². The van der Waals surface area contributed by atoms with Crippen LogP contribution in [0.2, 0.25) is 0 Å². The number of aromatic nitrogens is 1. The molecule has 2 N–H and O–H groups in total. The van der Waals surface area contributed by atoms with Crippen molar-refractivity contribution in [3.63, 3.8) is 0 Å². The molecule has 150 valence electrons. The summed E-state index contributed by atoms with van der Waals surface area (Å²) in [6.07, 6.45) is -3.99. The number of carboxylic acid groups (broad SMARTS) is 1. The number of carbonyl (C=O) groups excluding carboxylic acids is 1. The summed E-state index contributed by atoms with van der Waals surface area (Å²) in [5.41, 5.74) is -0.985. The van der Waals surface area contributed by atoms with Gasteiger partial charge in [-0.15, -0.1) is 0 Å². The van der Waals surface area contributed by atoms with Gasteiger partial charge >= 0.3 is 12.3 Å². The van der Waals surface area contributed by atoms with E-state index in [1.807, 2.05) is 0 Å². The van der Waals surface area contributed by atoms with Crippen LogP contribution in [0.1, 0.15) is 32.4 Å². The molecule has 0 unspecified atom stereocenters. The van der Waals surface area contributed by atoms with Crippen molar-refractivity contribution in [3.05, 3.63) is 24.0 Å². The number of alkyl halides is 3. The van der Waals surface area contributed by atoms with Crippen molar-refractivity contribution in [3.8, 4) is 5.75 Å². The van der Waals surface area contributed by atoms with Crippen LogP contribution in [-0.4, -0.2) is 52.2 Å². The third-order valence-electron chi connectivity index (χ3n) is 4.29. The molecule has 7 nitrogen and oxygen atoms in total. The molecule has 10 heteroatoms. The number of amides is 2. The van der Waals surface area contributed by atoms with E-state index < -0.39 is 24.0 Å². The number of hydrogen-bond donors (Lipinski definition) is 2. The number of nitrogens with zero attached hydrogens (tertiary/aromatic N) is 2. The first kappa shape index (κ1) is 20.8. The molecule has 0 radical (unpaired) electrons. The van der Waals surface area contributed by atoms with Gasteiger partial charge in [-0.3, -0.25) is 4.79 Å². The molecule has 1 aromatic heterocycles. The van der Waals surface area contributed by atoms with Gasteiger partial charge in [0, 0.05) is 25.9 Å². The van der Waals surface area contributed by atoms with Crippen molar-refractivity contribution >= 4 is 12.0 Å². The minimum atomic E-state index is -4.50. The molecule has 1 aliphatic heterocycles. The molecule has 27 heavy (non-hydrogen) atoms. The number of piperidine rings is 1. The maximum Gasteiger partial charge on any atom is 0.433 e. The summed E-state index contributed by atoms with van der Waals surface area (Å²) in [6.45, 7) is 4.27. The fraction of sp³-hybridized carbons (Fsp3) is 0.588. The summed E-state index contributed by atoms with van der Waals surface area (Å²) < 4.78 is 43.2. The number of hydrogen-bond acceptors (Lipinski definition) is 4. The van der Waals surface area contributed by atoms with E-state index in [4.69, 9.17) is 9.84 Å². The highest BCUT2D eigenvalue weighted by Gasteiger charge is 2.33. The number of halogens is 3. The number of nitrogens with one attached hydrogen (secondary N) is 1. The lowest BCUT2D eigenvalue weighted by molar-refractivity contribution is -0.141. The SMILES string of the molecule is CC(C)[C@H](NC(=O)O)C(=O)N1CCC(Oc2ccc(C(F)(F)F)nc2)CC1. The molecular formula is C17H22F3N3O4. The molecule has 0 aliphatic carbocycles. The zero-order valence-electron chi connectivity index (χ0n) is 15.0. The maximum atomic E-state index is 12.5. The van der Waals surface area contributed by atoms with Crippen molar-refractivity contribution in [1.82, 2.24) is 15.2 Å². The first-order chi connectivity index (χ1) is 12.6. The fourth-order valence-electron chi connectivity index (χ4n) is 2.85. The Labute approximate surface area is 154 Å². The van der Waals surface area contributed by atoms with Crippen molar-refractivity contribution < 1.29 is 32.6 Å². The molecule has 0 saturated carbocycles. The molecule has 1 atom stereocenters. The van der Waals surface area contributed by atoms with Crippen molar-refractivity contribution in [2.45, 2.75) is 45.0 Å². The minimum Gasteiger partial charge on any atom is -0.489 e. The largest absolute Gasteiger partial charge is 0.489 e. The Bertz CT molecular complexity index is 656. The lowest BCUT2D eigenvalue weighted by Crippen LogP contribution is -2.53. The third kappa shape index (κ3) is 5.73. The van der Waals surface area contributed by atoms with E-state index in [0.717, 1.165) is 12.3 Å². The van der Waals surface area contributed by atoms with Crippen LogP contribution in [0.5, 0.6) is 5.75 Å². The van der Waals surface area contributed by atoms with Gasteiger partial charge in [-0.25, -0.2) is 9.78 Å². The summed E-state index contributed by atoms with van der Waals surface area (Å²) in [6, 6.07) is 1.26. The Morgan fingerprint density at radius 1 is 1.30 bits per heavy atom. The summed E-state index contributed by atoms with van der Waals surface area (Å²) in [5.74, 6) is -0.247. The average Bonchev–Trinajstić information content (AvgIpc) is 2.59. The van der Waals surface area contributed by atoms with Gasteiger partial charge in [-0.1, -0.05) is 13.8 Å². The first-order valence-electron chi connectivity index (χ1n) is 8.56. The van der Waals surface area contributed by atoms with Gasteiger partial charge < -0.3 is 20.1 Å². The molecule has 0 bridgehead atoms. The summed E-state index contributed by atoms with van der Waals surface area (Å²) in [4.78, 5) is 28.3. The van der Waals surface area contributed by atoms with Crippen LogP contribution in [0, 0.1) is 5.92 Å². The zero-order valence-corrected chi connectivity index (χ0v) is 15.0. The van der Waals surface area contributed by atoms with Crippen LogP contribution in [-0.2, 0) is 11.0 Å². The van der Waals surface area contributed by atoms with Gasteiger partial charge in [0.05, 0.1) is 6.20 Å². The lowest BCUT2D eigenvalue weighted by Gasteiger charge is -2.35. The van der Waals surface area contributed by atoms with Crippen LogP contribution in [0.3, 0.4) is 0 Å². The lowest BCUT2D eigenvalue weighted by atomic mass is 10.0. The molecule has 1 aromatic rings. The average molecular weight is 389 g/mol. The highest BCUT2D eigenvalue weighted by molar-refractivity contribution is 5.85. The second kappa shape index (κ2) is 8.45. The minimum absolute atomic E-state index is 0.194. The van der Waals surface area contributed by atoms with E-state index in [1.165, 1.54) is 6.07 Å². The molecule has 0 spiro atoms. The Kier molecular flexibility index (Phi) is 6.50. The van der Waals surface area contributed by atoms with Crippen LogP contribution in [0.25, 0.3) is 0 Å². The standard InChI is InChI=1S/C17H22F3N3O4/c1-10(2)14(22-16(25)26)15(24)23-7-5-11(6-8-23)27-12-3-4-13(21-9-12)17(18,19)20/h3-4,9-11,14,22H,5-8H2,1-2H3,(H,25,26)/t14-/m0/s1. The van der Waals surface area contributed by atoms with E-state index in [1.54, 1.807) is 18.7 Å². The van der Waals surface area contributed by atoms with Gasteiger partial charge in [0.25, 0.3) is 0 Å². The third-order valence-corrected chi connectivity index (χ3v) is 4.29. The van der Waals surface area contributed by atoms with Gasteiger partial charge in [-0.2, -0.15) is 13.2 Å². The predicted octanol–water partition coefficient (Wildman–Crippen LogP) is 2.76. The quantitative estimate of drug-likeness (QED) is 0.808. The highest BCUT2D eigenvalue weighted by Crippen LogP contribution is 2.28. The molecule has 2 amide bonds. The van der Waals surface area contributed by atoms with Crippen molar-refractivity contribution in [1.29, 1.82) is 0 Å². The first-order valence-corrected chi connectivity index (χ1v) is 8.56. The fourth-order valence-corrected chi connectivity index (χ4v) is 2.85. The number of rotatable bonds is 5. The monoisotopic (exact) mass is 389 g/mol. The Morgan fingerprint density at radius 3 is 2.37 bits per heavy atom. The van der Waals surface area contributed by atoms with Gasteiger partial charge in [0.2, 0.25) is 5.91 Å². The molecule has 2 heterocycles. The normalized spacial score (nSPS) is 16.9. The summed E-state index contributed by atoms with van der Waals surface area (Å²) >= 11 is 0. The smallest absolute Gasteiger partial charge is 0.433 e. The molecular weight excluding hydrogens is 367 g/mol. The summed E-state index contributed by atoms with van der Waals surface area (Å²) in [7, 11) is 0. The van der Waals surface area contributed by atoms with E-state index >= 15 is 0 Å². The second-order valence-corrected chi connectivity index (χ2v) is 6.69. The second-order valence-electron chi connectivity index (χ2n) is 6.69. The van der Waals surface area contributed by atoms with Crippen molar-refractivity contribution in [2.75, 3.05) is 13.1 Å². The molecule has 1 saturated heterocycles. The van der Waals surface area contributed by atoms with E-state index in [0.29, 0.717) is 25.9 Å². The molecule has 2 rings (SSSR count). The van der Waals surface area contributed by atoms with Crippen LogP contribution < -0.4 is 10.1 Å². The zero-order chi connectivity index (χ0) is 20.2. The Morgan fingerprint density at radius 2 is 1.93 bits per heavy atom. The maximum absolute atomic E-state index is 12.5. The van der Waals surface area contributed by atoms with Crippen LogP contribution in [0.15, 0.2) is 18.3 Å². The number of likely N-dealkylation sites (tertiary alicyclic amines) is 1. The highest BCUT2D eigenvalue weighted by atomic mass is 19.4. The Hall–Kier alpha value is -2.52. The van der Waals surface area contributed by atoms with Crippen molar-refractivity contribution in [2.24, 2.45) is 5.92 Å².